The van der Waals surface area contributed by atoms with Crippen LogP contribution in [0.15, 0.2) is 12.2 Å². The number of aryl methyl sites for hydroxylation is 1. The summed E-state index contributed by atoms with van der Waals surface area (Å²) in [6.45, 7) is 4.30. The first-order valence-corrected chi connectivity index (χ1v) is 5.30. The van der Waals surface area contributed by atoms with Gasteiger partial charge in [-0.25, -0.2) is 4.39 Å². The predicted molar refractivity (Wildman–Crippen MR) is 64.6 cm³/mol. The third kappa shape index (κ3) is 2.09. The molecule has 0 saturated carbocycles. The number of halogens is 1. The highest BCUT2D eigenvalue weighted by Gasteiger charge is 2.52. The Morgan fingerprint density at radius 3 is 2.47 bits per heavy atom. The van der Waals surface area contributed by atoms with Gasteiger partial charge < -0.3 is 9.31 Å². The van der Waals surface area contributed by atoms with Gasteiger partial charge in [-0.1, -0.05) is 0 Å². The van der Waals surface area contributed by atoms with Gasteiger partial charge in [-0.3, -0.25) is 4.98 Å². The van der Waals surface area contributed by atoms with Gasteiger partial charge in [0.2, 0.25) is 0 Å². The van der Waals surface area contributed by atoms with Gasteiger partial charge in [0.25, 0.3) is 0 Å². The van der Waals surface area contributed by atoms with Crippen LogP contribution in [0.3, 0.4) is 0 Å². The van der Waals surface area contributed by atoms with E-state index in [0.717, 1.165) is 0 Å². The van der Waals surface area contributed by atoms with Crippen LogP contribution in [0.4, 0.5) is 4.39 Å². The predicted octanol–water partition coefficient (Wildman–Crippen LogP) is 1.83. The van der Waals surface area contributed by atoms with Crippen LogP contribution in [0.2, 0.25) is 0 Å². The molecule has 1 aliphatic heterocycles. The Morgan fingerprint density at radius 2 is 1.94 bits per heavy atom. The maximum absolute atomic E-state index is 14.5. The van der Waals surface area contributed by atoms with Crippen molar-refractivity contribution in [2.24, 2.45) is 0 Å². The second-order valence-corrected chi connectivity index (χ2v) is 5.01. The lowest BCUT2D eigenvalue weighted by atomic mass is 9.80. The van der Waals surface area contributed by atoms with Crippen molar-refractivity contribution in [3.8, 4) is 0 Å². The molecule has 1 aromatic rings. The van der Waals surface area contributed by atoms with Crippen LogP contribution >= 0.6 is 0 Å². The van der Waals surface area contributed by atoms with Gasteiger partial charge in [0, 0.05) is 21.4 Å². The minimum atomic E-state index is -2.76. The van der Waals surface area contributed by atoms with Gasteiger partial charge >= 0.3 is 7.12 Å². The fourth-order valence-corrected chi connectivity index (χ4v) is 1.48. The summed E-state index contributed by atoms with van der Waals surface area (Å²) < 4.78 is 63.0. The van der Waals surface area contributed by atoms with Crippen molar-refractivity contribution in [3.63, 3.8) is 0 Å². The molecule has 2 heterocycles. The van der Waals surface area contributed by atoms with Crippen LogP contribution in [0.25, 0.3) is 0 Å². The van der Waals surface area contributed by atoms with Crippen molar-refractivity contribution in [1.82, 2.24) is 4.98 Å². The number of aromatic nitrogens is 1. The van der Waals surface area contributed by atoms with Gasteiger partial charge in [-0.15, -0.1) is 0 Å². The van der Waals surface area contributed by atoms with Crippen LogP contribution in [0, 0.1) is 12.7 Å². The van der Waals surface area contributed by atoms with E-state index in [1.807, 2.05) is 0 Å². The summed E-state index contributed by atoms with van der Waals surface area (Å²) in [6.07, 6.45) is -0.599. The molecule has 0 aromatic carbocycles. The highest BCUT2D eigenvalue weighted by molar-refractivity contribution is 6.62. The summed E-state index contributed by atoms with van der Waals surface area (Å²) in [7, 11) is -1.21. The SMILES string of the molecule is [2H]c1nc(C([2H])([2H])[2H])c([2H])c(F)c1B1OC(C)(C)C(C)(C)O1. The van der Waals surface area contributed by atoms with Crippen molar-refractivity contribution in [1.29, 1.82) is 0 Å². The smallest absolute Gasteiger partial charge is 0.399 e. The maximum Gasteiger partial charge on any atom is 0.499 e. The molecule has 0 bridgehead atoms. The minimum Gasteiger partial charge on any atom is -0.399 e. The Labute approximate surface area is 109 Å². The van der Waals surface area contributed by atoms with Crippen LogP contribution in [-0.4, -0.2) is 23.3 Å². The zero-order valence-electron chi connectivity index (χ0n) is 15.2. The summed E-state index contributed by atoms with van der Waals surface area (Å²) in [4.78, 5) is 3.56. The summed E-state index contributed by atoms with van der Waals surface area (Å²) in [5, 5.41) is 0. The van der Waals surface area contributed by atoms with Crippen LogP contribution < -0.4 is 5.46 Å². The standard InChI is InChI=1S/C12H17BFNO2/c1-8-6-10(14)9(7-15-8)13-16-11(2,3)12(4,5)17-13/h6-7H,1-5H3/i1D3,6D,7D. The van der Waals surface area contributed by atoms with Crippen molar-refractivity contribution in [2.45, 2.75) is 45.7 Å². The van der Waals surface area contributed by atoms with E-state index in [2.05, 4.69) is 4.98 Å². The molecule has 0 radical (unpaired) electrons. The molecular formula is C12H17BFNO2. The van der Waals surface area contributed by atoms with Gasteiger partial charge in [0.15, 0.2) is 0 Å². The molecule has 2 rings (SSSR count). The van der Waals surface area contributed by atoms with Gasteiger partial charge in [0.1, 0.15) is 5.82 Å². The second kappa shape index (κ2) is 3.78. The lowest BCUT2D eigenvalue weighted by Crippen LogP contribution is -2.41. The van der Waals surface area contributed by atoms with E-state index in [0.29, 0.717) is 0 Å². The molecule has 1 saturated heterocycles. The van der Waals surface area contributed by atoms with Crippen molar-refractivity contribution < 1.29 is 20.6 Å². The zero-order valence-corrected chi connectivity index (χ0v) is 10.2. The summed E-state index contributed by atoms with van der Waals surface area (Å²) in [5.41, 5.74) is -2.59. The summed E-state index contributed by atoms with van der Waals surface area (Å²) >= 11 is 0. The molecule has 1 aromatic heterocycles. The van der Waals surface area contributed by atoms with Gasteiger partial charge in [0.05, 0.1) is 13.9 Å². The maximum atomic E-state index is 14.5. The molecule has 1 fully saturated rings. The summed E-state index contributed by atoms with van der Waals surface area (Å²) in [5.74, 6) is -1.15. The first-order valence-electron chi connectivity index (χ1n) is 7.80. The molecule has 0 unspecified atom stereocenters. The molecule has 0 N–H and O–H groups in total. The van der Waals surface area contributed by atoms with Crippen LogP contribution in [0.1, 0.15) is 40.2 Å². The van der Waals surface area contributed by atoms with Crippen LogP contribution in [0.5, 0.6) is 0 Å². The quantitative estimate of drug-likeness (QED) is 0.704. The summed E-state index contributed by atoms with van der Waals surface area (Å²) in [6, 6.07) is -0.860. The molecule has 5 heteroatoms. The Balaban J connectivity index is 2.54. The Morgan fingerprint density at radius 1 is 1.35 bits per heavy atom. The van der Waals surface area contributed by atoms with E-state index >= 15 is 0 Å². The fraction of sp³-hybridized carbons (Fsp3) is 0.583. The van der Waals surface area contributed by atoms with E-state index < -0.39 is 48.9 Å². The van der Waals surface area contributed by atoms with E-state index in [9.17, 15) is 4.39 Å². The van der Waals surface area contributed by atoms with Gasteiger partial charge in [-0.2, -0.15) is 0 Å². The highest BCUT2D eigenvalue weighted by atomic mass is 19.1. The molecule has 92 valence electrons. The lowest BCUT2D eigenvalue weighted by Gasteiger charge is -2.32. The Bertz CT molecular complexity index is 605. The van der Waals surface area contributed by atoms with E-state index in [4.69, 9.17) is 16.2 Å². The van der Waals surface area contributed by atoms with Crippen molar-refractivity contribution in [3.05, 3.63) is 23.7 Å². The number of pyridine rings is 1. The fourth-order valence-electron chi connectivity index (χ4n) is 1.48. The number of hydrogen-bond donors (Lipinski definition) is 0. The number of hydrogen-bond acceptors (Lipinski definition) is 3. The van der Waals surface area contributed by atoms with Gasteiger partial charge in [-0.05, 0) is 40.6 Å². The van der Waals surface area contributed by atoms with Crippen molar-refractivity contribution >= 4 is 12.6 Å². The second-order valence-electron chi connectivity index (χ2n) is 5.01. The number of rotatable bonds is 1. The van der Waals surface area contributed by atoms with Crippen molar-refractivity contribution in [2.75, 3.05) is 0 Å². The zero-order chi connectivity index (χ0) is 17.1. The molecule has 17 heavy (non-hydrogen) atoms. The topological polar surface area (TPSA) is 31.4 Å². The lowest BCUT2D eigenvalue weighted by molar-refractivity contribution is 0.00578. The molecule has 0 aliphatic carbocycles. The van der Waals surface area contributed by atoms with Crippen LogP contribution in [-0.2, 0) is 9.31 Å². The van der Waals surface area contributed by atoms with E-state index in [1.54, 1.807) is 27.7 Å². The average Bonchev–Trinajstić information content (AvgIpc) is 2.51. The molecule has 0 amide bonds. The third-order valence-electron chi connectivity index (χ3n) is 3.24. The Kier molecular flexibility index (Phi) is 1.67. The molecular weight excluding hydrogens is 220 g/mol. The van der Waals surface area contributed by atoms with E-state index in [-0.39, 0.29) is 5.46 Å². The van der Waals surface area contributed by atoms with E-state index in [1.165, 1.54) is 0 Å². The molecule has 0 atom stereocenters. The minimum absolute atomic E-state index is 0.350. The highest BCUT2D eigenvalue weighted by Crippen LogP contribution is 2.36. The molecule has 0 spiro atoms. The third-order valence-corrected chi connectivity index (χ3v) is 3.24. The number of nitrogens with zero attached hydrogens (tertiary/aromatic N) is 1. The first-order chi connectivity index (χ1) is 9.78. The Hall–Kier alpha value is -0.935. The first kappa shape index (κ1) is 7.49. The largest absolute Gasteiger partial charge is 0.499 e. The average molecular weight is 242 g/mol. The monoisotopic (exact) mass is 242 g/mol. The molecule has 1 aliphatic rings. The normalized spacial score (nSPS) is 26.9. The molecule has 3 nitrogen and oxygen atoms in total.